The molecule has 1 aromatic rings. The lowest BCUT2D eigenvalue weighted by molar-refractivity contribution is -0.153. The largest absolute Gasteiger partial charge is 0.486 e. The summed E-state index contributed by atoms with van der Waals surface area (Å²) in [4.78, 5) is 11.8. The SMILES string of the molecule is CCOC(=O)C(O)c1cc(Cl)c2c(c1C(C)C)OCCO2. The zero-order chi connectivity index (χ0) is 15.6. The van der Waals surface area contributed by atoms with Gasteiger partial charge in [-0.05, 0) is 18.9 Å². The molecule has 1 unspecified atom stereocenters. The van der Waals surface area contributed by atoms with Gasteiger partial charge in [0, 0.05) is 11.1 Å². The maximum absolute atomic E-state index is 11.8. The van der Waals surface area contributed by atoms with E-state index in [0.717, 1.165) is 5.56 Å². The average Bonchev–Trinajstić information content (AvgIpc) is 2.46. The summed E-state index contributed by atoms with van der Waals surface area (Å²) < 4.78 is 16.1. The summed E-state index contributed by atoms with van der Waals surface area (Å²) in [7, 11) is 0. The molecular formula is C15H19ClO5. The molecule has 0 saturated heterocycles. The molecule has 0 aromatic heterocycles. The van der Waals surface area contributed by atoms with Gasteiger partial charge in [-0.2, -0.15) is 0 Å². The number of rotatable bonds is 4. The van der Waals surface area contributed by atoms with Gasteiger partial charge < -0.3 is 19.3 Å². The van der Waals surface area contributed by atoms with E-state index >= 15 is 0 Å². The molecule has 1 aliphatic heterocycles. The Morgan fingerprint density at radius 3 is 2.57 bits per heavy atom. The van der Waals surface area contributed by atoms with Crippen LogP contribution in [0.25, 0.3) is 0 Å². The lowest BCUT2D eigenvalue weighted by Gasteiger charge is -2.27. The number of aliphatic hydroxyl groups excluding tert-OH is 1. The van der Waals surface area contributed by atoms with Crippen LogP contribution in [-0.4, -0.2) is 30.9 Å². The Morgan fingerprint density at radius 1 is 1.38 bits per heavy atom. The molecule has 116 valence electrons. The standard InChI is InChI=1S/C15H19ClO5/c1-4-19-15(18)12(17)9-7-10(16)13-14(11(9)8(2)3)21-6-5-20-13/h7-8,12,17H,4-6H2,1-3H3. The number of ether oxygens (including phenoxy) is 3. The van der Waals surface area contributed by atoms with E-state index < -0.39 is 12.1 Å². The van der Waals surface area contributed by atoms with Gasteiger partial charge in [0.05, 0.1) is 11.6 Å². The Hall–Kier alpha value is -1.46. The molecule has 21 heavy (non-hydrogen) atoms. The van der Waals surface area contributed by atoms with Crippen LogP contribution in [0.5, 0.6) is 11.5 Å². The summed E-state index contributed by atoms with van der Waals surface area (Å²) >= 11 is 6.18. The third-order valence-corrected chi connectivity index (χ3v) is 3.50. The fourth-order valence-corrected chi connectivity index (χ4v) is 2.63. The van der Waals surface area contributed by atoms with Crippen molar-refractivity contribution in [2.24, 2.45) is 0 Å². The van der Waals surface area contributed by atoms with E-state index in [-0.39, 0.29) is 12.5 Å². The second-order valence-electron chi connectivity index (χ2n) is 5.03. The minimum absolute atomic E-state index is 0.0248. The smallest absolute Gasteiger partial charge is 0.339 e. The Kier molecular flexibility index (Phi) is 4.96. The van der Waals surface area contributed by atoms with Gasteiger partial charge in [0.2, 0.25) is 0 Å². The first-order valence-electron chi connectivity index (χ1n) is 6.93. The van der Waals surface area contributed by atoms with Crippen LogP contribution in [0.15, 0.2) is 6.07 Å². The number of hydrogen-bond donors (Lipinski definition) is 1. The zero-order valence-corrected chi connectivity index (χ0v) is 13.1. The summed E-state index contributed by atoms with van der Waals surface area (Å²) in [5, 5.41) is 10.6. The molecule has 0 bridgehead atoms. The van der Waals surface area contributed by atoms with Crippen LogP contribution < -0.4 is 9.47 Å². The van der Waals surface area contributed by atoms with Gasteiger partial charge in [0.1, 0.15) is 13.2 Å². The number of benzene rings is 1. The molecule has 1 aromatic carbocycles. The van der Waals surface area contributed by atoms with Crippen molar-refractivity contribution < 1.29 is 24.1 Å². The molecule has 0 fully saturated rings. The molecular weight excluding hydrogens is 296 g/mol. The maximum Gasteiger partial charge on any atom is 0.339 e. The van der Waals surface area contributed by atoms with Crippen LogP contribution in [0.2, 0.25) is 5.02 Å². The summed E-state index contributed by atoms with van der Waals surface area (Å²) in [5.74, 6) is 0.289. The quantitative estimate of drug-likeness (QED) is 0.866. The first-order chi connectivity index (χ1) is 9.97. The van der Waals surface area contributed by atoms with Crippen molar-refractivity contribution in [3.63, 3.8) is 0 Å². The molecule has 5 nitrogen and oxygen atoms in total. The Morgan fingerprint density at radius 2 is 2.00 bits per heavy atom. The van der Waals surface area contributed by atoms with Gasteiger partial charge in [-0.25, -0.2) is 4.79 Å². The van der Waals surface area contributed by atoms with Crippen LogP contribution in [0.3, 0.4) is 0 Å². The van der Waals surface area contributed by atoms with Gasteiger partial charge >= 0.3 is 5.97 Å². The summed E-state index contributed by atoms with van der Waals surface area (Å²) in [5.41, 5.74) is 1.12. The predicted octanol–water partition coefficient (Wildman–Crippen LogP) is 2.83. The van der Waals surface area contributed by atoms with Crippen LogP contribution in [0.1, 0.15) is 43.9 Å². The predicted molar refractivity (Wildman–Crippen MR) is 78.1 cm³/mol. The van der Waals surface area contributed by atoms with Crippen molar-refractivity contribution in [2.75, 3.05) is 19.8 Å². The zero-order valence-electron chi connectivity index (χ0n) is 12.3. The van der Waals surface area contributed by atoms with Crippen LogP contribution >= 0.6 is 11.6 Å². The first kappa shape index (κ1) is 15.9. The monoisotopic (exact) mass is 314 g/mol. The minimum Gasteiger partial charge on any atom is -0.486 e. The molecule has 6 heteroatoms. The fraction of sp³-hybridized carbons (Fsp3) is 0.533. The number of halogens is 1. The van der Waals surface area contributed by atoms with Crippen LogP contribution in [0, 0.1) is 0 Å². The van der Waals surface area contributed by atoms with Crippen LogP contribution in [0.4, 0.5) is 0 Å². The van der Waals surface area contributed by atoms with Crippen molar-refractivity contribution in [3.05, 3.63) is 22.2 Å². The second-order valence-corrected chi connectivity index (χ2v) is 5.43. The summed E-state index contributed by atoms with van der Waals surface area (Å²) in [6.07, 6.45) is -1.39. The van der Waals surface area contributed by atoms with Crippen LogP contribution in [-0.2, 0) is 9.53 Å². The maximum atomic E-state index is 11.8. The van der Waals surface area contributed by atoms with E-state index in [2.05, 4.69) is 0 Å². The third kappa shape index (κ3) is 3.09. The van der Waals surface area contributed by atoms with Crippen molar-refractivity contribution >= 4 is 17.6 Å². The molecule has 2 rings (SSSR count). The molecule has 1 aliphatic rings. The van der Waals surface area contributed by atoms with E-state index in [4.69, 9.17) is 25.8 Å². The fourth-order valence-electron chi connectivity index (χ4n) is 2.38. The topological polar surface area (TPSA) is 65.0 Å². The normalized spacial score (nSPS) is 15.0. The Bertz CT molecular complexity index is 541. The molecule has 0 saturated carbocycles. The average molecular weight is 315 g/mol. The number of esters is 1. The highest BCUT2D eigenvalue weighted by Crippen LogP contribution is 2.46. The molecule has 0 radical (unpaired) electrons. The number of carbonyl (C=O) groups is 1. The van der Waals surface area contributed by atoms with Gasteiger partial charge in [-0.1, -0.05) is 25.4 Å². The van der Waals surface area contributed by atoms with Gasteiger partial charge in [0.25, 0.3) is 0 Å². The summed E-state index contributed by atoms with van der Waals surface area (Å²) in [6.45, 7) is 6.60. The van der Waals surface area contributed by atoms with Gasteiger partial charge in [-0.3, -0.25) is 0 Å². The highest BCUT2D eigenvalue weighted by molar-refractivity contribution is 6.32. The highest BCUT2D eigenvalue weighted by atomic mass is 35.5. The van der Waals surface area contributed by atoms with Crippen molar-refractivity contribution in [1.82, 2.24) is 0 Å². The number of aliphatic hydroxyl groups is 1. The van der Waals surface area contributed by atoms with E-state index in [9.17, 15) is 9.90 Å². The van der Waals surface area contributed by atoms with Crippen molar-refractivity contribution in [1.29, 1.82) is 0 Å². The Balaban J connectivity index is 2.55. The van der Waals surface area contributed by atoms with Gasteiger partial charge in [-0.15, -0.1) is 0 Å². The van der Waals surface area contributed by atoms with E-state index in [1.807, 2.05) is 13.8 Å². The lowest BCUT2D eigenvalue weighted by Crippen LogP contribution is -2.21. The lowest BCUT2D eigenvalue weighted by atomic mass is 9.92. The molecule has 0 amide bonds. The molecule has 1 N–H and O–H groups in total. The number of hydrogen-bond acceptors (Lipinski definition) is 5. The second kappa shape index (κ2) is 6.54. The Labute approximate surface area is 128 Å². The number of fused-ring (bicyclic) bond motifs is 1. The van der Waals surface area contributed by atoms with Crippen molar-refractivity contribution in [2.45, 2.75) is 32.8 Å². The molecule has 0 aliphatic carbocycles. The molecule has 1 heterocycles. The molecule has 0 spiro atoms. The summed E-state index contributed by atoms with van der Waals surface area (Å²) in [6, 6.07) is 1.55. The molecule has 1 atom stereocenters. The minimum atomic E-state index is -1.39. The highest BCUT2D eigenvalue weighted by Gasteiger charge is 2.30. The number of carbonyl (C=O) groups excluding carboxylic acids is 1. The first-order valence-corrected chi connectivity index (χ1v) is 7.31. The van der Waals surface area contributed by atoms with Crippen molar-refractivity contribution in [3.8, 4) is 11.5 Å². The van der Waals surface area contributed by atoms with E-state index in [1.165, 1.54) is 0 Å². The van der Waals surface area contributed by atoms with E-state index in [0.29, 0.717) is 35.3 Å². The van der Waals surface area contributed by atoms with E-state index in [1.54, 1.807) is 13.0 Å². The van der Waals surface area contributed by atoms with Gasteiger partial charge in [0.15, 0.2) is 17.6 Å². The third-order valence-electron chi connectivity index (χ3n) is 3.22.